The third-order valence-corrected chi connectivity index (χ3v) is 4.58. The van der Waals surface area contributed by atoms with E-state index < -0.39 is 0 Å². The smallest absolute Gasteiger partial charge is 0.0762 e. The molecule has 3 nitrogen and oxygen atoms in total. The Balaban J connectivity index is 1.62. The van der Waals surface area contributed by atoms with Gasteiger partial charge in [-0.05, 0) is 50.8 Å². The molecule has 0 radical (unpaired) electrons. The number of nitrogens with zero attached hydrogens (tertiary/aromatic N) is 1. The lowest BCUT2D eigenvalue weighted by Gasteiger charge is -2.24. The Morgan fingerprint density at radius 2 is 2.17 bits per heavy atom. The van der Waals surface area contributed by atoms with Crippen LogP contribution in [0.3, 0.4) is 0 Å². The number of nitrogens with two attached hydrogens (primary N) is 1. The van der Waals surface area contributed by atoms with Crippen molar-refractivity contribution in [1.82, 2.24) is 4.57 Å². The van der Waals surface area contributed by atoms with E-state index in [1.807, 2.05) is 0 Å². The predicted molar refractivity (Wildman–Crippen MR) is 72.5 cm³/mol. The van der Waals surface area contributed by atoms with Crippen LogP contribution in [0.4, 0.5) is 0 Å². The fourth-order valence-corrected chi connectivity index (χ4v) is 3.63. The van der Waals surface area contributed by atoms with E-state index in [4.69, 9.17) is 10.5 Å². The normalized spacial score (nSPS) is 26.2. The van der Waals surface area contributed by atoms with E-state index in [-0.39, 0.29) is 5.60 Å². The zero-order valence-corrected chi connectivity index (χ0v) is 11.1. The van der Waals surface area contributed by atoms with Gasteiger partial charge in [-0.2, -0.15) is 0 Å². The highest BCUT2D eigenvalue weighted by Gasteiger charge is 2.42. The van der Waals surface area contributed by atoms with Crippen LogP contribution in [0.15, 0.2) is 18.3 Å². The molecule has 0 bridgehead atoms. The summed E-state index contributed by atoms with van der Waals surface area (Å²) in [5.74, 6) is 0. The minimum atomic E-state index is 0.256. The molecule has 100 valence electrons. The van der Waals surface area contributed by atoms with Crippen molar-refractivity contribution in [2.24, 2.45) is 5.73 Å². The van der Waals surface area contributed by atoms with E-state index in [0.717, 1.165) is 19.5 Å². The summed E-state index contributed by atoms with van der Waals surface area (Å²) in [6.45, 7) is 1.73. The second-order valence-electron chi connectivity index (χ2n) is 5.86. The summed E-state index contributed by atoms with van der Waals surface area (Å²) >= 11 is 0. The number of hydrogen-bond donors (Lipinski definition) is 1. The fraction of sp³-hybridized carbons (Fsp3) is 0.733. The first-order chi connectivity index (χ1) is 8.81. The maximum absolute atomic E-state index is 6.36. The molecule has 1 spiro atoms. The second kappa shape index (κ2) is 5.06. The summed E-state index contributed by atoms with van der Waals surface area (Å²) in [4.78, 5) is 0. The van der Waals surface area contributed by atoms with Crippen LogP contribution in [-0.2, 0) is 17.7 Å². The zero-order chi connectivity index (χ0) is 12.4. The number of hydrogen-bond acceptors (Lipinski definition) is 2. The van der Waals surface area contributed by atoms with Gasteiger partial charge >= 0.3 is 0 Å². The van der Waals surface area contributed by atoms with Gasteiger partial charge in [0.1, 0.15) is 0 Å². The van der Waals surface area contributed by atoms with Crippen LogP contribution in [0.5, 0.6) is 0 Å². The summed E-state index contributed by atoms with van der Waals surface area (Å²) < 4.78 is 8.69. The van der Waals surface area contributed by atoms with E-state index in [1.165, 1.54) is 44.2 Å². The van der Waals surface area contributed by atoms with Crippen molar-refractivity contribution in [3.8, 4) is 0 Å². The second-order valence-corrected chi connectivity index (χ2v) is 5.86. The molecule has 2 heterocycles. The van der Waals surface area contributed by atoms with Crippen LogP contribution >= 0.6 is 0 Å². The molecule has 1 aromatic heterocycles. The van der Waals surface area contributed by atoms with Crippen LogP contribution in [-0.4, -0.2) is 22.8 Å². The molecule has 1 aromatic rings. The number of aromatic nitrogens is 1. The van der Waals surface area contributed by atoms with Gasteiger partial charge in [0.05, 0.1) is 11.7 Å². The van der Waals surface area contributed by atoms with Crippen molar-refractivity contribution in [2.45, 2.75) is 63.2 Å². The SMILES string of the molecule is NCCc1cccn1CC1CCC2(CCCC2)O1. The molecule has 1 aliphatic carbocycles. The molecule has 1 atom stereocenters. The van der Waals surface area contributed by atoms with Crippen molar-refractivity contribution >= 4 is 0 Å². The van der Waals surface area contributed by atoms with E-state index in [9.17, 15) is 0 Å². The molecule has 2 N–H and O–H groups in total. The van der Waals surface area contributed by atoms with Gasteiger partial charge in [0, 0.05) is 18.4 Å². The molecular formula is C15H24N2O. The Hall–Kier alpha value is -0.800. The van der Waals surface area contributed by atoms with Gasteiger partial charge in [0.2, 0.25) is 0 Å². The molecule has 2 fully saturated rings. The Bertz CT molecular complexity index is 393. The lowest BCUT2D eigenvalue weighted by molar-refractivity contribution is -0.0419. The fourth-order valence-electron chi connectivity index (χ4n) is 3.63. The lowest BCUT2D eigenvalue weighted by Crippen LogP contribution is -2.27. The van der Waals surface area contributed by atoms with Crippen molar-refractivity contribution in [3.63, 3.8) is 0 Å². The van der Waals surface area contributed by atoms with Gasteiger partial charge in [-0.1, -0.05) is 12.8 Å². The van der Waals surface area contributed by atoms with Crippen molar-refractivity contribution in [2.75, 3.05) is 6.54 Å². The topological polar surface area (TPSA) is 40.2 Å². The average molecular weight is 248 g/mol. The van der Waals surface area contributed by atoms with Crippen molar-refractivity contribution in [1.29, 1.82) is 0 Å². The summed E-state index contributed by atoms with van der Waals surface area (Å²) in [6, 6.07) is 4.29. The molecule has 1 aliphatic heterocycles. The molecular weight excluding hydrogens is 224 g/mol. The maximum atomic E-state index is 6.36. The zero-order valence-electron chi connectivity index (χ0n) is 11.1. The minimum Gasteiger partial charge on any atom is -0.370 e. The molecule has 2 aliphatic rings. The Morgan fingerprint density at radius 3 is 2.94 bits per heavy atom. The third-order valence-electron chi connectivity index (χ3n) is 4.58. The molecule has 3 rings (SSSR count). The summed E-state index contributed by atoms with van der Waals surface area (Å²) in [7, 11) is 0. The summed E-state index contributed by atoms with van der Waals surface area (Å²) in [5, 5.41) is 0. The van der Waals surface area contributed by atoms with E-state index >= 15 is 0 Å². The number of rotatable bonds is 4. The lowest BCUT2D eigenvalue weighted by atomic mass is 9.98. The quantitative estimate of drug-likeness (QED) is 0.889. The van der Waals surface area contributed by atoms with Gasteiger partial charge in [0.15, 0.2) is 0 Å². The maximum Gasteiger partial charge on any atom is 0.0762 e. The molecule has 1 unspecified atom stereocenters. The van der Waals surface area contributed by atoms with Crippen molar-refractivity contribution < 1.29 is 4.74 Å². The molecule has 0 aromatic carbocycles. The monoisotopic (exact) mass is 248 g/mol. The van der Waals surface area contributed by atoms with Crippen LogP contribution in [0, 0.1) is 0 Å². The molecule has 0 amide bonds. The average Bonchev–Trinajstić information content (AvgIpc) is 3.06. The van der Waals surface area contributed by atoms with Gasteiger partial charge in [-0.3, -0.25) is 0 Å². The highest BCUT2D eigenvalue weighted by atomic mass is 16.5. The molecule has 1 saturated carbocycles. The Labute approximate surface area is 109 Å². The van der Waals surface area contributed by atoms with Gasteiger partial charge < -0.3 is 15.0 Å². The highest BCUT2D eigenvalue weighted by Crippen LogP contribution is 2.43. The van der Waals surface area contributed by atoms with E-state index in [0.29, 0.717) is 6.10 Å². The third kappa shape index (κ3) is 2.34. The Morgan fingerprint density at radius 1 is 1.33 bits per heavy atom. The van der Waals surface area contributed by atoms with Crippen LogP contribution in [0.2, 0.25) is 0 Å². The first-order valence-corrected chi connectivity index (χ1v) is 7.33. The summed E-state index contributed by atoms with van der Waals surface area (Å²) in [5.41, 5.74) is 7.24. The Kier molecular flexibility index (Phi) is 3.44. The molecule has 1 saturated heterocycles. The predicted octanol–water partition coefficient (Wildman–Crippen LogP) is 2.48. The largest absolute Gasteiger partial charge is 0.370 e. The van der Waals surface area contributed by atoms with Crippen LogP contribution < -0.4 is 5.73 Å². The van der Waals surface area contributed by atoms with Gasteiger partial charge in [-0.25, -0.2) is 0 Å². The highest BCUT2D eigenvalue weighted by molar-refractivity contribution is 5.08. The van der Waals surface area contributed by atoms with Crippen LogP contribution in [0.1, 0.15) is 44.2 Å². The minimum absolute atomic E-state index is 0.256. The first-order valence-electron chi connectivity index (χ1n) is 7.33. The summed E-state index contributed by atoms with van der Waals surface area (Å²) in [6.07, 6.45) is 11.3. The van der Waals surface area contributed by atoms with Gasteiger partial charge in [0.25, 0.3) is 0 Å². The molecule has 3 heteroatoms. The standard InChI is InChI=1S/C15H24N2O/c16-10-6-13-4-3-11-17(13)12-14-5-9-15(18-14)7-1-2-8-15/h3-4,11,14H,1-2,5-10,12,16H2. The molecule has 18 heavy (non-hydrogen) atoms. The first kappa shape index (κ1) is 12.2. The van der Waals surface area contributed by atoms with Crippen LogP contribution in [0.25, 0.3) is 0 Å². The van der Waals surface area contributed by atoms with Crippen molar-refractivity contribution in [3.05, 3.63) is 24.0 Å². The number of ether oxygens (including phenoxy) is 1. The van der Waals surface area contributed by atoms with Gasteiger partial charge in [-0.15, -0.1) is 0 Å². The van der Waals surface area contributed by atoms with E-state index in [1.54, 1.807) is 0 Å². The van der Waals surface area contributed by atoms with E-state index in [2.05, 4.69) is 22.9 Å².